The Kier molecular flexibility index (Phi) is 61.5. The molecule has 0 amide bonds. The molecule has 4 aliphatic heterocycles. The zero-order valence-corrected chi connectivity index (χ0v) is 62.4. The van der Waals surface area contributed by atoms with Crippen LogP contribution in [0.2, 0.25) is 0 Å². The van der Waals surface area contributed by atoms with Gasteiger partial charge in [-0.2, -0.15) is 0 Å². The molecule has 532 valence electrons. The topological polar surface area (TPSA) is 209 Å². The van der Waals surface area contributed by atoms with E-state index in [4.69, 9.17) is 100 Å². The highest BCUT2D eigenvalue weighted by molar-refractivity contribution is 9.09. The first-order chi connectivity index (χ1) is 46.1. The first-order valence-electron chi connectivity index (χ1n) is 31.4. The lowest BCUT2D eigenvalue weighted by Crippen LogP contribution is -2.24. The normalized spacial score (nSPS) is 15.3. The van der Waals surface area contributed by atoms with E-state index in [-0.39, 0.29) is 63.5 Å². The quantitative estimate of drug-likeness (QED) is 0.0290. The number of rotatable bonds is 17. The van der Waals surface area contributed by atoms with Crippen LogP contribution in [-0.4, -0.2) is 135 Å². The maximum absolute atomic E-state index is 9.92. The number of carbonyl (C=O) groups is 1. The van der Waals surface area contributed by atoms with Crippen molar-refractivity contribution in [2.45, 2.75) is 131 Å². The summed E-state index contributed by atoms with van der Waals surface area (Å²) in [6.07, 6.45) is 16.8. The number of hydrogen-bond acceptors (Lipinski definition) is 17. The molecule has 0 saturated carbocycles. The SMILES string of the molecule is BrCOC1CCCCO1.C1=COCCC1.CPC.Cc1ccc(O)cc1.Cc1ccc(OCC=O)cc1.Cc1ccc(OCO)cc1.Cc1ccc(OCO)cc1.Cc1ccc(OCOC2CCCCO2)cc1.Cc1ccc(OCOC2CCCCO2)cc1.ClCCl.OCBr. The van der Waals surface area contributed by atoms with Crippen LogP contribution in [-0.2, 0) is 38.0 Å². The van der Waals surface area contributed by atoms with Crippen molar-refractivity contribution in [3.8, 4) is 34.5 Å². The van der Waals surface area contributed by atoms with Gasteiger partial charge in [0.2, 0.25) is 0 Å². The maximum Gasteiger partial charge on any atom is 0.191 e. The number of hydrogen-bond donors (Lipinski definition) is 4. The molecule has 0 aliphatic carbocycles. The number of aliphatic hydroxyl groups excluding tert-OH is 3. The van der Waals surface area contributed by atoms with E-state index in [2.05, 4.69) is 59.0 Å². The van der Waals surface area contributed by atoms with E-state index in [0.717, 1.165) is 90.6 Å². The van der Waals surface area contributed by atoms with E-state index in [1.165, 1.54) is 71.9 Å². The van der Waals surface area contributed by atoms with Gasteiger partial charge in [-0.1, -0.05) is 138 Å². The largest absolute Gasteiger partial charge is 0.508 e. The fraction of sp³-hybridized carbons (Fsp3) is 0.466. The molecule has 6 aromatic rings. The third-order valence-corrected chi connectivity index (χ3v) is 12.6. The Labute approximate surface area is 595 Å². The van der Waals surface area contributed by atoms with E-state index in [0.29, 0.717) is 22.8 Å². The van der Waals surface area contributed by atoms with Crippen LogP contribution >= 0.6 is 63.6 Å². The number of ether oxygens (including phenoxy) is 12. The third kappa shape index (κ3) is 55.6. The Balaban J connectivity index is 0.00000106. The van der Waals surface area contributed by atoms with E-state index in [9.17, 15) is 4.79 Å². The predicted octanol–water partition coefficient (Wildman–Crippen LogP) is 17.5. The van der Waals surface area contributed by atoms with Gasteiger partial charge in [-0.3, -0.25) is 4.79 Å². The van der Waals surface area contributed by atoms with Crippen LogP contribution in [0.1, 0.15) is 104 Å². The number of benzene rings is 6. The van der Waals surface area contributed by atoms with Crippen molar-refractivity contribution in [2.24, 2.45) is 0 Å². The molecule has 95 heavy (non-hydrogen) atoms. The van der Waals surface area contributed by atoms with Crippen molar-refractivity contribution >= 4 is 69.9 Å². The Morgan fingerprint density at radius 2 is 0.758 bits per heavy atom. The van der Waals surface area contributed by atoms with Gasteiger partial charge in [-0.25, -0.2) is 0 Å². The Hall–Kier alpha value is -5.06. The summed E-state index contributed by atoms with van der Waals surface area (Å²) in [5, 5.41) is 33.2. The van der Waals surface area contributed by atoms with Gasteiger partial charge in [0.15, 0.2) is 52.3 Å². The van der Waals surface area contributed by atoms with Gasteiger partial charge < -0.3 is 77.3 Å². The van der Waals surface area contributed by atoms with Crippen LogP contribution < -0.4 is 23.7 Å². The molecule has 3 fully saturated rings. The van der Waals surface area contributed by atoms with Crippen LogP contribution in [0, 0.1) is 41.5 Å². The molecule has 4 heterocycles. The number of phenols is 1. The monoisotopic (exact) mass is 1510 g/mol. The molecule has 4 aliphatic rings. The Morgan fingerprint density at radius 3 is 0.979 bits per heavy atom. The second kappa shape index (κ2) is 64.9. The van der Waals surface area contributed by atoms with Crippen molar-refractivity contribution in [1.82, 2.24) is 0 Å². The van der Waals surface area contributed by atoms with E-state index >= 15 is 0 Å². The van der Waals surface area contributed by atoms with Crippen LogP contribution in [0.4, 0.5) is 0 Å². The molecule has 3 atom stereocenters. The van der Waals surface area contributed by atoms with Crippen LogP contribution in [0.25, 0.3) is 0 Å². The van der Waals surface area contributed by atoms with Gasteiger partial charge in [-0.05, 0) is 204 Å². The van der Waals surface area contributed by atoms with Crippen molar-refractivity contribution in [2.75, 3.05) is 89.9 Å². The molecule has 22 heteroatoms. The average molecular weight is 1520 g/mol. The van der Waals surface area contributed by atoms with Gasteiger partial charge in [0.1, 0.15) is 46.6 Å². The van der Waals surface area contributed by atoms with Gasteiger partial charge in [-0.15, -0.1) is 31.8 Å². The first-order valence-corrected chi connectivity index (χ1v) is 36.7. The highest BCUT2D eigenvalue weighted by Gasteiger charge is 2.15. The zero-order chi connectivity index (χ0) is 70.2. The summed E-state index contributed by atoms with van der Waals surface area (Å²) in [6.45, 7) is 19.9. The average Bonchev–Trinajstić information content (AvgIpc) is 3.50. The molecule has 10 rings (SSSR count). The van der Waals surface area contributed by atoms with Crippen molar-refractivity contribution in [3.05, 3.63) is 191 Å². The fourth-order valence-corrected chi connectivity index (χ4v) is 7.73. The number of allylic oxidation sites excluding steroid dienone is 1. The molecule has 6 aromatic carbocycles. The van der Waals surface area contributed by atoms with Crippen molar-refractivity contribution in [3.63, 3.8) is 0 Å². The summed E-state index contributed by atoms with van der Waals surface area (Å²) in [5.41, 5.74) is 7.82. The number of halogens is 4. The summed E-state index contributed by atoms with van der Waals surface area (Å²) in [4.78, 5) is 9.92. The van der Waals surface area contributed by atoms with Gasteiger partial charge >= 0.3 is 0 Å². The molecule has 3 unspecified atom stereocenters. The van der Waals surface area contributed by atoms with E-state index < -0.39 is 0 Å². The van der Waals surface area contributed by atoms with Crippen LogP contribution in [0.15, 0.2) is 158 Å². The maximum atomic E-state index is 9.92. The standard InChI is InChI=1S/2C13H18O3.C9H10O2.2C8H10O2.C7H8O.C6H11BrO2.C5H8O.C2H7P.CH3BrO.CH2Cl2/c2*1-11-5-7-12(8-6-11)15-10-16-13-4-2-3-9-14-13;1-8-2-4-9(5-3-8)11-7-6-10;2*1-7-2-4-8(5-3-7)10-6-9;1-6-2-4-7(8)5-3-6;7-5-9-6-3-1-2-4-8-6;1-2-4-6-5-3-1;1-3-2;2*2-1-3/h2*5-8,13H,2-4,9-10H2,1H3;2-6H,7H2,1H3;2*2-5,9H,6H2,1H3;2-5,8H,1H3;6H,1-5H2;2,4H,1,3,5H2;3H,1-2H3;3H,1H2;1H2. The zero-order valence-electron chi connectivity index (χ0n) is 56.7. The molecule has 0 aromatic heterocycles. The summed E-state index contributed by atoms with van der Waals surface area (Å²) in [7, 11) is 1.08. The molecule has 0 bridgehead atoms. The van der Waals surface area contributed by atoms with Crippen molar-refractivity contribution < 1.29 is 82.1 Å². The smallest absolute Gasteiger partial charge is 0.191 e. The highest BCUT2D eigenvalue weighted by Crippen LogP contribution is 2.19. The lowest BCUT2D eigenvalue weighted by Gasteiger charge is -2.22. The van der Waals surface area contributed by atoms with E-state index in [1.807, 2.05) is 167 Å². The summed E-state index contributed by atoms with van der Waals surface area (Å²) < 4.78 is 62.7. The molecule has 4 N–H and O–H groups in total. The fourth-order valence-electron chi connectivity index (χ4n) is 7.44. The lowest BCUT2D eigenvalue weighted by atomic mass is 10.2. The number of carbonyl (C=O) groups excluding carboxylic acids is 1. The summed E-state index contributed by atoms with van der Waals surface area (Å²) in [6, 6.07) is 45.6. The Morgan fingerprint density at radius 1 is 0.463 bits per heavy atom. The number of aldehydes is 1. The minimum absolute atomic E-state index is 0.0538. The van der Waals surface area contributed by atoms with Crippen LogP contribution in [0.3, 0.4) is 0 Å². The molecule has 0 spiro atoms. The minimum atomic E-state index is -0.261. The second-order valence-corrected chi connectivity index (χ2v) is 23.3. The summed E-state index contributed by atoms with van der Waals surface area (Å²) >= 11 is 15.4. The number of aromatic hydroxyl groups is 1. The molecule has 0 radical (unpaired) electrons. The highest BCUT2D eigenvalue weighted by atomic mass is 79.9. The number of alkyl halides is 4. The minimum Gasteiger partial charge on any atom is -0.508 e. The van der Waals surface area contributed by atoms with Gasteiger partial charge in [0.05, 0.1) is 23.7 Å². The second-order valence-electron chi connectivity index (χ2n) is 20.6. The lowest BCUT2D eigenvalue weighted by molar-refractivity contribution is -0.191. The molecule has 3 saturated heterocycles. The van der Waals surface area contributed by atoms with Crippen LogP contribution in [0.5, 0.6) is 34.5 Å². The molecular weight excluding hydrogens is 1410 g/mol. The van der Waals surface area contributed by atoms with Gasteiger partial charge in [0.25, 0.3) is 0 Å². The Bertz CT molecular complexity index is 2480. The third-order valence-electron chi connectivity index (χ3n) is 12.4. The predicted molar refractivity (Wildman–Crippen MR) is 392 cm³/mol. The molecule has 17 nitrogen and oxygen atoms in total. The number of aryl methyl sites for hydroxylation is 6. The summed E-state index contributed by atoms with van der Waals surface area (Å²) in [5.74, 6) is 4.14. The van der Waals surface area contributed by atoms with Crippen molar-refractivity contribution in [1.29, 1.82) is 0 Å². The van der Waals surface area contributed by atoms with Gasteiger partial charge in [0, 0.05) is 19.8 Å². The number of aliphatic hydroxyl groups is 3. The number of phenolic OH excluding ortho intramolecular Hbond substituents is 1. The van der Waals surface area contributed by atoms with E-state index in [1.54, 1.807) is 18.4 Å². The first kappa shape index (κ1) is 89.9. The molecular formula is C73H105Br2Cl2O17P.